The summed E-state index contributed by atoms with van der Waals surface area (Å²) in [6.07, 6.45) is 1.47. The molecule has 1 aliphatic rings. The van der Waals surface area contributed by atoms with Gasteiger partial charge in [0.15, 0.2) is 11.5 Å². The van der Waals surface area contributed by atoms with E-state index in [1.54, 1.807) is 79.7 Å². The number of rotatable bonds is 12. The van der Waals surface area contributed by atoms with Crippen LogP contribution in [0.3, 0.4) is 0 Å². The molecule has 4 aromatic carbocycles. The molecule has 1 heterocycles. The smallest absolute Gasteiger partial charge is 0.338 e. The van der Waals surface area contributed by atoms with Gasteiger partial charge in [-0.2, -0.15) is 0 Å². The first-order valence-corrected chi connectivity index (χ1v) is 16.1. The Hall–Kier alpha value is -5.88. The van der Waals surface area contributed by atoms with Crippen molar-refractivity contribution >= 4 is 58.8 Å². The number of thioether (sulfide) groups is 1. The molecule has 12 heteroatoms. The van der Waals surface area contributed by atoms with E-state index >= 15 is 0 Å². The van der Waals surface area contributed by atoms with Crippen LogP contribution in [-0.4, -0.2) is 55.7 Å². The van der Waals surface area contributed by atoms with Crippen LogP contribution in [0.25, 0.3) is 6.08 Å². The number of ether oxygens (including phenoxy) is 3. The summed E-state index contributed by atoms with van der Waals surface area (Å²) in [6.45, 7) is 1.94. The van der Waals surface area contributed by atoms with Crippen LogP contribution < -0.4 is 25.0 Å². The van der Waals surface area contributed by atoms with Crippen LogP contribution in [0.5, 0.6) is 11.5 Å². The van der Waals surface area contributed by atoms with Gasteiger partial charge in [0.2, 0.25) is 11.8 Å². The Morgan fingerprint density at radius 2 is 1.61 bits per heavy atom. The molecule has 0 unspecified atom stereocenters. The van der Waals surface area contributed by atoms with E-state index in [0.717, 1.165) is 4.90 Å². The maximum absolute atomic E-state index is 13.7. The van der Waals surface area contributed by atoms with Crippen LogP contribution in [0.15, 0.2) is 108 Å². The molecule has 0 saturated carbocycles. The Morgan fingerprint density at radius 1 is 0.878 bits per heavy atom. The highest BCUT2D eigenvalue weighted by molar-refractivity contribution is 8.00. The van der Waals surface area contributed by atoms with E-state index in [4.69, 9.17) is 14.2 Å². The molecule has 1 aliphatic heterocycles. The van der Waals surface area contributed by atoms with Gasteiger partial charge in [-0.25, -0.2) is 9.69 Å². The summed E-state index contributed by atoms with van der Waals surface area (Å²) in [4.78, 5) is 66.8. The summed E-state index contributed by atoms with van der Waals surface area (Å²) in [7, 11) is 2.97. The van der Waals surface area contributed by atoms with Crippen molar-refractivity contribution in [3.8, 4) is 11.5 Å². The average Bonchev–Trinajstić information content (AvgIpc) is 3.39. The minimum Gasteiger partial charge on any atom is -0.493 e. The molecule has 4 aromatic rings. The van der Waals surface area contributed by atoms with Gasteiger partial charge >= 0.3 is 5.97 Å². The number of benzene rings is 4. The number of methoxy groups -OCH3 is 2. The van der Waals surface area contributed by atoms with Crippen molar-refractivity contribution < 1.29 is 38.2 Å². The van der Waals surface area contributed by atoms with E-state index < -0.39 is 28.9 Å². The number of hydrogen-bond acceptors (Lipinski definition) is 9. The van der Waals surface area contributed by atoms with Gasteiger partial charge in [-0.15, -0.1) is 11.8 Å². The lowest BCUT2D eigenvalue weighted by atomic mass is 10.1. The Balaban J connectivity index is 1.34. The molecule has 0 bridgehead atoms. The summed E-state index contributed by atoms with van der Waals surface area (Å²) in [5.74, 6) is -1.53. The molecule has 2 N–H and O–H groups in total. The van der Waals surface area contributed by atoms with Crippen LogP contribution in [0.2, 0.25) is 0 Å². The van der Waals surface area contributed by atoms with E-state index in [2.05, 4.69) is 10.6 Å². The Kier molecular flexibility index (Phi) is 11.1. The second-order valence-electron chi connectivity index (χ2n) is 10.6. The largest absolute Gasteiger partial charge is 0.493 e. The highest BCUT2D eigenvalue weighted by Gasteiger charge is 2.40. The van der Waals surface area contributed by atoms with E-state index in [0.29, 0.717) is 44.5 Å². The number of hydrogen-bond donors (Lipinski definition) is 2. The van der Waals surface area contributed by atoms with Crippen molar-refractivity contribution in [1.82, 2.24) is 5.32 Å². The lowest BCUT2D eigenvalue weighted by molar-refractivity contribution is -0.121. The number of esters is 1. The second kappa shape index (κ2) is 15.8. The Labute approximate surface area is 287 Å². The second-order valence-corrected chi connectivity index (χ2v) is 11.9. The molecule has 1 saturated heterocycles. The zero-order valence-electron chi connectivity index (χ0n) is 26.9. The Morgan fingerprint density at radius 3 is 2.31 bits per heavy atom. The molecular formula is C37H33N3O8S. The van der Waals surface area contributed by atoms with Gasteiger partial charge in [0.25, 0.3) is 11.8 Å². The van der Waals surface area contributed by atoms with Gasteiger partial charge in [-0.1, -0.05) is 36.4 Å². The van der Waals surface area contributed by atoms with Gasteiger partial charge in [0, 0.05) is 28.1 Å². The van der Waals surface area contributed by atoms with Gasteiger partial charge < -0.3 is 24.8 Å². The minimum absolute atomic E-state index is 0.0273. The third-order valence-electron chi connectivity index (χ3n) is 7.37. The molecule has 0 radical (unpaired) electrons. The first-order valence-electron chi connectivity index (χ1n) is 15.2. The summed E-state index contributed by atoms with van der Waals surface area (Å²) >= 11 is 1.19. The zero-order chi connectivity index (χ0) is 34.9. The monoisotopic (exact) mass is 679 g/mol. The predicted molar refractivity (Wildman–Crippen MR) is 186 cm³/mol. The van der Waals surface area contributed by atoms with E-state index in [-0.39, 0.29) is 24.6 Å². The van der Waals surface area contributed by atoms with Crippen molar-refractivity contribution in [3.05, 3.63) is 119 Å². The number of anilines is 2. The number of imide groups is 1. The van der Waals surface area contributed by atoms with Gasteiger partial charge in [0.1, 0.15) is 5.70 Å². The molecule has 250 valence electrons. The predicted octanol–water partition coefficient (Wildman–Crippen LogP) is 5.71. The summed E-state index contributed by atoms with van der Waals surface area (Å²) in [6, 6.07) is 26.6. The molecular weight excluding hydrogens is 646 g/mol. The molecule has 11 nitrogen and oxygen atoms in total. The van der Waals surface area contributed by atoms with Gasteiger partial charge in [-0.3, -0.25) is 19.2 Å². The standard InChI is InChI=1S/C37H33N3O8S/c1-4-48-37(45)24-16-18-27(19-17-24)40-32(41)22-31(36(40)44)49-28-14-9-13-26(21-28)38-35(43)29(39-34(42)23-10-6-5-7-11-23)20-25-12-8-15-30(46-2)33(25)47-3/h5-21,31H,4,22H2,1-3H3,(H,38,43)(H,39,42)/b29-20-/t31-/m0/s1. The summed E-state index contributed by atoms with van der Waals surface area (Å²) in [5, 5.41) is 4.82. The third-order valence-corrected chi connectivity index (χ3v) is 8.55. The molecule has 0 aromatic heterocycles. The summed E-state index contributed by atoms with van der Waals surface area (Å²) in [5.41, 5.74) is 1.87. The number of para-hydroxylation sites is 1. The van der Waals surface area contributed by atoms with Crippen LogP contribution in [0.4, 0.5) is 11.4 Å². The molecule has 0 spiro atoms. The molecule has 49 heavy (non-hydrogen) atoms. The summed E-state index contributed by atoms with van der Waals surface area (Å²) < 4.78 is 15.9. The molecule has 1 fully saturated rings. The molecule has 1 atom stereocenters. The highest BCUT2D eigenvalue weighted by atomic mass is 32.2. The maximum Gasteiger partial charge on any atom is 0.338 e. The molecule has 4 amide bonds. The number of carbonyl (C=O) groups is 5. The number of nitrogens with zero attached hydrogens (tertiary/aromatic N) is 1. The van der Waals surface area contributed by atoms with Crippen molar-refractivity contribution in [1.29, 1.82) is 0 Å². The maximum atomic E-state index is 13.7. The van der Waals surface area contributed by atoms with Gasteiger partial charge in [-0.05, 0) is 73.7 Å². The molecule has 0 aliphatic carbocycles. The number of amides is 4. The first kappa shape index (κ1) is 34.5. The van der Waals surface area contributed by atoms with Crippen LogP contribution in [-0.2, 0) is 19.1 Å². The van der Waals surface area contributed by atoms with Crippen molar-refractivity contribution in [2.24, 2.45) is 0 Å². The lowest BCUT2D eigenvalue weighted by Gasteiger charge is -2.16. The topological polar surface area (TPSA) is 140 Å². The van der Waals surface area contributed by atoms with E-state index in [1.165, 1.54) is 56.3 Å². The van der Waals surface area contributed by atoms with E-state index in [9.17, 15) is 24.0 Å². The van der Waals surface area contributed by atoms with Crippen molar-refractivity contribution in [2.75, 3.05) is 31.0 Å². The van der Waals surface area contributed by atoms with Crippen LogP contribution in [0.1, 0.15) is 39.6 Å². The quantitative estimate of drug-likeness (QED) is 0.109. The molecule has 5 rings (SSSR count). The fraction of sp³-hybridized carbons (Fsp3) is 0.162. The minimum atomic E-state index is -0.704. The lowest BCUT2D eigenvalue weighted by Crippen LogP contribution is -2.31. The van der Waals surface area contributed by atoms with E-state index in [1.807, 2.05) is 0 Å². The zero-order valence-corrected chi connectivity index (χ0v) is 27.7. The van der Waals surface area contributed by atoms with Crippen molar-refractivity contribution in [3.63, 3.8) is 0 Å². The fourth-order valence-electron chi connectivity index (χ4n) is 5.06. The normalized spacial score (nSPS) is 14.3. The number of nitrogens with one attached hydrogen (secondary N) is 2. The average molecular weight is 680 g/mol. The fourth-order valence-corrected chi connectivity index (χ4v) is 6.17. The highest BCUT2D eigenvalue weighted by Crippen LogP contribution is 2.35. The Bertz CT molecular complexity index is 1910. The van der Waals surface area contributed by atoms with Crippen LogP contribution >= 0.6 is 11.8 Å². The third kappa shape index (κ3) is 8.17. The SMILES string of the molecule is CCOC(=O)c1ccc(N2C(=O)C[C@H](Sc3cccc(NC(=O)/C(=C/c4cccc(OC)c4OC)NC(=O)c4ccccc4)c3)C2=O)cc1. The van der Waals surface area contributed by atoms with Crippen molar-refractivity contribution in [2.45, 2.75) is 23.5 Å². The van der Waals surface area contributed by atoms with Gasteiger partial charge in [0.05, 0.1) is 37.3 Å². The van der Waals surface area contributed by atoms with Crippen LogP contribution in [0, 0.1) is 0 Å². The number of carbonyl (C=O) groups excluding carboxylic acids is 5. The first-order chi connectivity index (χ1) is 23.7.